The second-order valence-corrected chi connectivity index (χ2v) is 9.44. The first kappa shape index (κ1) is 23.1. The van der Waals surface area contributed by atoms with E-state index in [2.05, 4.69) is 29.4 Å². The van der Waals surface area contributed by atoms with Crippen molar-refractivity contribution in [1.29, 1.82) is 0 Å². The number of benzene rings is 3. The molecule has 0 aliphatic heterocycles. The van der Waals surface area contributed by atoms with Crippen molar-refractivity contribution in [2.75, 3.05) is 11.1 Å². The number of carbonyl (C=O) groups excluding carboxylic acids is 1. The van der Waals surface area contributed by atoms with Crippen LogP contribution in [0.15, 0.2) is 78.0 Å². The molecule has 4 rings (SSSR count). The maximum atomic E-state index is 12.8. The number of halogens is 1. The molecule has 1 heterocycles. The molecular formula is C26H25ClN4OS. The molecule has 0 bridgehead atoms. The summed E-state index contributed by atoms with van der Waals surface area (Å²) in [6.07, 6.45) is 0. The molecule has 1 aromatic heterocycles. The number of hydrogen-bond acceptors (Lipinski definition) is 4. The molecule has 0 saturated carbocycles. The molecule has 1 N–H and O–H groups in total. The maximum absolute atomic E-state index is 12.8. The van der Waals surface area contributed by atoms with Crippen molar-refractivity contribution in [3.63, 3.8) is 0 Å². The van der Waals surface area contributed by atoms with Crippen molar-refractivity contribution in [3.05, 3.63) is 88.9 Å². The summed E-state index contributed by atoms with van der Waals surface area (Å²) in [5, 5.41) is 13.2. The molecule has 0 atom stereocenters. The van der Waals surface area contributed by atoms with Crippen molar-refractivity contribution in [2.24, 2.45) is 0 Å². The summed E-state index contributed by atoms with van der Waals surface area (Å²) in [6.45, 7) is 6.27. The van der Waals surface area contributed by atoms with E-state index in [0.717, 1.165) is 28.1 Å². The van der Waals surface area contributed by atoms with Gasteiger partial charge in [0.15, 0.2) is 11.0 Å². The molecule has 0 spiro atoms. The SMILES string of the molecule is Cc1ccc(-n2c(SCC(=O)Nc3ccccc3C(C)C)nnc2-c2ccc(Cl)cc2)cc1. The number of amides is 1. The Balaban J connectivity index is 1.59. The smallest absolute Gasteiger partial charge is 0.234 e. The van der Waals surface area contributed by atoms with Crippen molar-refractivity contribution in [2.45, 2.75) is 31.8 Å². The zero-order chi connectivity index (χ0) is 23.4. The number of anilines is 1. The highest BCUT2D eigenvalue weighted by Crippen LogP contribution is 2.29. The summed E-state index contributed by atoms with van der Waals surface area (Å²) in [6, 6.07) is 23.5. The zero-order valence-corrected chi connectivity index (χ0v) is 20.3. The number of hydrogen-bond donors (Lipinski definition) is 1. The van der Waals surface area contributed by atoms with Crippen molar-refractivity contribution < 1.29 is 4.79 Å². The van der Waals surface area contributed by atoms with Crippen LogP contribution < -0.4 is 5.32 Å². The number of nitrogens with zero attached hydrogens (tertiary/aromatic N) is 3. The van der Waals surface area contributed by atoms with Gasteiger partial charge >= 0.3 is 0 Å². The second-order valence-electron chi connectivity index (χ2n) is 8.06. The quantitative estimate of drug-likeness (QED) is 0.300. The Labute approximate surface area is 203 Å². The van der Waals surface area contributed by atoms with Gasteiger partial charge in [0.1, 0.15) is 0 Å². The topological polar surface area (TPSA) is 59.8 Å². The molecule has 0 radical (unpaired) electrons. The highest BCUT2D eigenvalue weighted by Gasteiger charge is 2.18. The standard InChI is InChI=1S/C26H25ClN4OS/c1-17(2)22-6-4-5-7-23(22)28-24(32)16-33-26-30-29-25(19-10-12-20(27)13-11-19)31(26)21-14-8-18(3)9-15-21/h4-15,17H,16H2,1-3H3,(H,28,32). The van der Waals surface area contributed by atoms with Gasteiger partial charge in [-0.3, -0.25) is 9.36 Å². The maximum Gasteiger partial charge on any atom is 0.234 e. The van der Waals surface area contributed by atoms with E-state index in [-0.39, 0.29) is 11.7 Å². The molecule has 5 nitrogen and oxygen atoms in total. The molecule has 0 unspecified atom stereocenters. The van der Waals surface area contributed by atoms with Crippen LogP contribution in [0.25, 0.3) is 17.1 Å². The van der Waals surface area contributed by atoms with Gasteiger partial charge in [0.05, 0.1) is 5.75 Å². The third-order valence-corrected chi connectivity index (χ3v) is 6.40. The second kappa shape index (κ2) is 10.2. The van der Waals surface area contributed by atoms with E-state index in [1.807, 2.05) is 84.3 Å². The normalized spacial score (nSPS) is 11.1. The third kappa shape index (κ3) is 5.46. The lowest BCUT2D eigenvalue weighted by molar-refractivity contribution is -0.113. The molecule has 0 aliphatic rings. The van der Waals surface area contributed by atoms with Crippen LogP contribution in [0.5, 0.6) is 0 Å². The summed E-state index contributed by atoms with van der Waals surface area (Å²) in [4.78, 5) is 12.8. The van der Waals surface area contributed by atoms with Crippen LogP contribution >= 0.6 is 23.4 Å². The molecule has 0 saturated heterocycles. The third-order valence-electron chi connectivity index (χ3n) is 5.22. The first-order valence-electron chi connectivity index (χ1n) is 10.7. The van der Waals surface area contributed by atoms with Crippen LogP contribution in [0.1, 0.15) is 30.9 Å². The summed E-state index contributed by atoms with van der Waals surface area (Å²) in [5.74, 6) is 1.15. The largest absolute Gasteiger partial charge is 0.325 e. The Hall–Kier alpha value is -3.09. The highest BCUT2D eigenvalue weighted by molar-refractivity contribution is 7.99. The van der Waals surface area contributed by atoms with Crippen LogP contribution in [0.4, 0.5) is 5.69 Å². The van der Waals surface area contributed by atoms with E-state index < -0.39 is 0 Å². The number of para-hydroxylation sites is 1. The van der Waals surface area contributed by atoms with E-state index in [1.165, 1.54) is 11.8 Å². The van der Waals surface area contributed by atoms with Gasteiger partial charge in [0.25, 0.3) is 0 Å². The van der Waals surface area contributed by atoms with E-state index in [4.69, 9.17) is 11.6 Å². The van der Waals surface area contributed by atoms with Gasteiger partial charge in [0, 0.05) is 22.0 Å². The minimum Gasteiger partial charge on any atom is -0.325 e. The van der Waals surface area contributed by atoms with Crippen molar-refractivity contribution >= 4 is 35.0 Å². The van der Waals surface area contributed by atoms with Crippen LogP contribution in [-0.2, 0) is 4.79 Å². The van der Waals surface area contributed by atoms with Gasteiger partial charge in [-0.05, 0) is 60.9 Å². The summed E-state index contributed by atoms with van der Waals surface area (Å²) >= 11 is 7.43. The molecule has 7 heteroatoms. The molecule has 0 aliphatic carbocycles. The molecular weight excluding hydrogens is 452 g/mol. The van der Waals surface area contributed by atoms with Crippen LogP contribution in [0, 0.1) is 6.92 Å². The van der Waals surface area contributed by atoms with E-state index in [0.29, 0.717) is 21.9 Å². The Morgan fingerprint density at radius 2 is 1.70 bits per heavy atom. The lowest BCUT2D eigenvalue weighted by Crippen LogP contribution is -2.16. The van der Waals surface area contributed by atoms with Gasteiger partial charge < -0.3 is 5.32 Å². The van der Waals surface area contributed by atoms with Gasteiger partial charge in [-0.15, -0.1) is 10.2 Å². The van der Waals surface area contributed by atoms with E-state index in [9.17, 15) is 4.79 Å². The fourth-order valence-electron chi connectivity index (χ4n) is 3.51. The molecule has 33 heavy (non-hydrogen) atoms. The fraction of sp³-hybridized carbons (Fsp3) is 0.192. The summed E-state index contributed by atoms with van der Waals surface area (Å²) < 4.78 is 1.97. The first-order valence-corrected chi connectivity index (χ1v) is 12.1. The fourth-order valence-corrected chi connectivity index (χ4v) is 4.38. The highest BCUT2D eigenvalue weighted by atomic mass is 35.5. The van der Waals surface area contributed by atoms with Crippen molar-refractivity contribution in [3.8, 4) is 17.1 Å². The van der Waals surface area contributed by atoms with Gasteiger partial charge in [-0.25, -0.2) is 0 Å². The van der Waals surface area contributed by atoms with Crippen molar-refractivity contribution in [1.82, 2.24) is 14.8 Å². The summed E-state index contributed by atoms with van der Waals surface area (Å²) in [5.41, 5.74) is 4.96. The lowest BCUT2D eigenvalue weighted by atomic mass is 10.0. The average Bonchev–Trinajstić information content (AvgIpc) is 3.23. The Kier molecular flexibility index (Phi) is 7.16. The Bertz CT molecular complexity index is 1250. The van der Waals surface area contributed by atoms with Crippen LogP contribution in [0.3, 0.4) is 0 Å². The minimum atomic E-state index is -0.0837. The number of thioether (sulfide) groups is 1. The molecule has 168 valence electrons. The van der Waals surface area contributed by atoms with Crippen LogP contribution in [-0.4, -0.2) is 26.4 Å². The van der Waals surface area contributed by atoms with Gasteiger partial charge in [-0.1, -0.05) is 73.1 Å². The number of rotatable bonds is 7. The molecule has 1 amide bonds. The number of carbonyl (C=O) groups is 1. The number of aryl methyl sites for hydroxylation is 1. The predicted octanol–water partition coefficient (Wildman–Crippen LogP) is 6.75. The monoisotopic (exact) mass is 476 g/mol. The minimum absolute atomic E-state index is 0.0837. The molecule has 3 aromatic carbocycles. The van der Waals surface area contributed by atoms with Gasteiger partial charge in [0.2, 0.25) is 5.91 Å². The summed E-state index contributed by atoms with van der Waals surface area (Å²) in [7, 11) is 0. The lowest BCUT2D eigenvalue weighted by Gasteiger charge is -2.14. The Morgan fingerprint density at radius 3 is 2.39 bits per heavy atom. The first-order chi connectivity index (χ1) is 15.9. The van der Waals surface area contributed by atoms with Crippen LogP contribution in [0.2, 0.25) is 5.02 Å². The number of nitrogens with one attached hydrogen (secondary N) is 1. The molecule has 4 aromatic rings. The average molecular weight is 477 g/mol. The number of aromatic nitrogens is 3. The zero-order valence-electron chi connectivity index (χ0n) is 18.7. The van der Waals surface area contributed by atoms with Gasteiger partial charge in [-0.2, -0.15) is 0 Å². The van der Waals surface area contributed by atoms with E-state index >= 15 is 0 Å². The molecule has 0 fully saturated rings. The Morgan fingerprint density at radius 1 is 1.00 bits per heavy atom. The predicted molar refractivity (Wildman–Crippen MR) is 136 cm³/mol. The van der Waals surface area contributed by atoms with E-state index in [1.54, 1.807) is 0 Å².